The number of nitrogens with one attached hydrogen (secondary N) is 1. The maximum Gasteiger partial charge on any atom is 0.291 e. The number of halogens is 1. The Morgan fingerprint density at radius 2 is 2.08 bits per heavy atom. The molecule has 1 atom stereocenters. The number of hydrogen-bond donors (Lipinski definition) is 1. The SMILES string of the molecule is CCC(C)NC(=O)c1nc(-c2cccs2)n(-c2ccc(F)cc2)n1. The molecule has 0 bridgehead atoms. The van der Waals surface area contributed by atoms with E-state index in [9.17, 15) is 9.18 Å². The topological polar surface area (TPSA) is 59.8 Å². The summed E-state index contributed by atoms with van der Waals surface area (Å²) in [5.41, 5.74) is 0.648. The quantitative estimate of drug-likeness (QED) is 0.768. The van der Waals surface area contributed by atoms with E-state index in [-0.39, 0.29) is 23.6 Å². The van der Waals surface area contributed by atoms with E-state index in [1.807, 2.05) is 31.4 Å². The second kappa shape index (κ2) is 6.92. The summed E-state index contributed by atoms with van der Waals surface area (Å²) >= 11 is 1.50. The minimum Gasteiger partial charge on any atom is -0.347 e. The predicted octanol–water partition coefficient (Wildman–Crippen LogP) is 3.66. The van der Waals surface area contributed by atoms with Gasteiger partial charge in [0.25, 0.3) is 5.91 Å². The first-order chi connectivity index (χ1) is 11.6. The van der Waals surface area contributed by atoms with Crippen molar-refractivity contribution >= 4 is 17.2 Å². The highest BCUT2D eigenvalue weighted by atomic mass is 32.1. The summed E-state index contributed by atoms with van der Waals surface area (Å²) in [6.45, 7) is 3.92. The summed E-state index contributed by atoms with van der Waals surface area (Å²) in [7, 11) is 0. The number of benzene rings is 1. The molecule has 2 heterocycles. The lowest BCUT2D eigenvalue weighted by Gasteiger charge is -2.08. The van der Waals surface area contributed by atoms with E-state index in [4.69, 9.17) is 0 Å². The van der Waals surface area contributed by atoms with E-state index in [2.05, 4.69) is 15.4 Å². The second-order valence-corrected chi connectivity index (χ2v) is 6.35. The zero-order valence-corrected chi connectivity index (χ0v) is 14.2. The van der Waals surface area contributed by atoms with Crippen molar-refractivity contribution in [2.75, 3.05) is 0 Å². The number of thiophene rings is 1. The van der Waals surface area contributed by atoms with Crippen molar-refractivity contribution in [3.63, 3.8) is 0 Å². The van der Waals surface area contributed by atoms with E-state index >= 15 is 0 Å². The maximum absolute atomic E-state index is 13.2. The van der Waals surface area contributed by atoms with E-state index in [1.54, 1.807) is 16.8 Å². The van der Waals surface area contributed by atoms with Crippen molar-refractivity contribution in [3.8, 4) is 16.4 Å². The summed E-state index contributed by atoms with van der Waals surface area (Å²) in [5.74, 6) is 0.0169. The molecule has 1 unspecified atom stereocenters. The molecule has 0 aliphatic rings. The molecule has 0 aliphatic carbocycles. The molecule has 124 valence electrons. The first-order valence-electron chi connectivity index (χ1n) is 7.66. The number of carbonyl (C=O) groups excluding carboxylic acids is 1. The Morgan fingerprint density at radius 1 is 1.33 bits per heavy atom. The van der Waals surface area contributed by atoms with Gasteiger partial charge in [0.1, 0.15) is 5.82 Å². The van der Waals surface area contributed by atoms with Crippen LogP contribution in [0.25, 0.3) is 16.4 Å². The van der Waals surface area contributed by atoms with E-state index in [0.717, 1.165) is 11.3 Å². The summed E-state index contributed by atoms with van der Waals surface area (Å²) in [6.07, 6.45) is 0.822. The van der Waals surface area contributed by atoms with Gasteiger partial charge in [-0.05, 0) is 49.1 Å². The van der Waals surface area contributed by atoms with Crippen LogP contribution in [0.5, 0.6) is 0 Å². The molecular formula is C17H17FN4OS. The van der Waals surface area contributed by atoms with Crippen LogP contribution in [0.1, 0.15) is 30.9 Å². The second-order valence-electron chi connectivity index (χ2n) is 5.41. The molecular weight excluding hydrogens is 327 g/mol. The average molecular weight is 344 g/mol. The monoisotopic (exact) mass is 344 g/mol. The van der Waals surface area contributed by atoms with Crippen LogP contribution in [-0.4, -0.2) is 26.7 Å². The highest BCUT2D eigenvalue weighted by Gasteiger charge is 2.20. The third-order valence-corrected chi connectivity index (χ3v) is 4.48. The van der Waals surface area contributed by atoms with E-state index < -0.39 is 0 Å². The van der Waals surface area contributed by atoms with Crippen molar-refractivity contribution in [2.45, 2.75) is 26.3 Å². The molecule has 7 heteroatoms. The molecule has 1 N–H and O–H groups in total. The van der Waals surface area contributed by atoms with Crippen LogP contribution in [0.15, 0.2) is 41.8 Å². The molecule has 0 fully saturated rings. The number of rotatable bonds is 5. The van der Waals surface area contributed by atoms with Gasteiger partial charge in [-0.2, -0.15) is 0 Å². The molecule has 1 amide bonds. The lowest BCUT2D eigenvalue weighted by atomic mass is 10.2. The molecule has 24 heavy (non-hydrogen) atoms. The van der Waals surface area contributed by atoms with Crippen LogP contribution in [0.4, 0.5) is 4.39 Å². The molecule has 0 saturated carbocycles. The third kappa shape index (κ3) is 3.35. The van der Waals surface area contributed by atoms with Crippen molar-refractivity contribution in [3.05, 3.63) is 53.4 Å². The molecule has 0 spiro atoms. The zero-order chi connectivity index (χ0) is 17.1. The van der Waals surface area contributed by atoms with Crippen molar-refractivity contribution in [2.24, 2.45) is 0 Å². The van der Waals surface area contributed by atoms with Gasteiger partial charge in [-0.1, -0.05) is 13.0 Å². The molecule has 3 rings (SSSR count). The average Bonchev–Trinajstić information content (AvgIpc) is 3.24. The van der Waals surface area contributed by atoms with Crippen LogP contribution in [0.2, 0.25) is 0 Å². The Balaban J connectivity index is 2.03. The largest absolute Gasteiger partial charge is 0.347 e. The third-order valence-electron chi connectivity index (χ3n) is 3.61. The van der Waals surface area contributed by atoms with E-state index in [0.29, 0.717) is 11.5 Å². The Morgan fingerprint density at radius 3 is 2.71 bits per heavy atom. The molecule has 0 saturated heterocycles. The molecule has 1 aromatic carbocycles. The van der Waals surface area contributed by atoms with Gasteiger partial charge in [-0.15, -0.1) is 16.4 Å². The number of aromatic nitrogens is 3. The van der Waals surface area contributed by atoms with Crippen LogP contribution >= 0.6 is 11.3 Å². The van der Waals surface area contributed by atoms with E-state index in [1.165, 1.54) is 23.5 Å². The predicted molar refractivity (Wildman–Crippen MR) is 91.8 cm³/mol. The Bertz CT molecular complexity index is 827. The first-order valence-corrected chi connectivity index (χ1v) is 8.54. The summed E-state index contributed by atoms with van der Waals surface area (Å²) in [6, 6.07) is 9.78. The van der Waals surface area contributed by atoms with Crippen LogP contribution < -0.4 is 5.32 Å². The summed E-state index contributed by atoms with van der Waals surface area (Å²) in [4.78, 5) is 17.6. The van der Waals surface area contributed by atoms with Gasteiger partial charge in [0.2, 0.25) is 5.82 Å². The Hall–Kier alpha value is -2.54. The van der Waals surface area contributed by atoms with Gasteiger partial charge in [-0.3, -0.25) is 4.79 Å². The summed E-state index contributed by atoms with van der Waals surface area (Å²) in [5, 5.41) is 9.12. The first kappa shape index (κ1) is 16.3. The van der Waals surface area contributed by atoms with Crippen molar-refractivity contribution in [1.29, 1.82) is 0 Å². The summed E-state index contributed by atoms with van der Waals surface area (Å²) < 4.78 is 14.8. The van der Waals surface area contributed by atoms with Gasteiger partial charge in [0.05, 0.1) is 10.6 Å². The highest BCUT2D eigenvalue weighted by molar-refractivity contribution is 7.13. The standard InChI is InChI=1S/C17H17FN4OS/c1-3-11(2)19-17(23)15-20-16(14-5-4-10-24-14)22(21-15)13-8-6-12(18)7-9-13/h4-11H,3H2,1-2H3,(H,19,23). The lowest BCUT2D eigenvalue weighted by molar-refractivity contribution is 0.0929. The fourth-order valence-electron chi connectivity index (χ4n) is 2.13. The molecule has 2 aromatic heterocycles. The number of amides is 1. The van der Waals surface area contributed by atoms with Crippen molar-refractivity contribution in [1.82, 2.24) is 20.1 Å². The smallest absolute Gasteiger partial charge is 0.291 e. The van der Waals surface area contributed by atoms with Crippen LogP contribution in [0.3, 0.4) is 0 Å². The highest BCUT2D eigenvalue weighted by Crippen LogP contribution is 2.25. The fraction of sp³-hybridized carbons (Fsp3) is 0.235. The van der Waals surface area contributed by atoms with Crippen molar-refractivity contribution < 1.29 is 9.18 Å². The number of hydrogen-bond acceptors (Lipinski definition) is 4. The Kier molecular flexibility index (Phi) is 4.71. The van der Waals surface area contributed by atoms with Gasteiger partial charge in [-0.25, -0.2) is 14.1 Å². The molecule has 0 radical (unpaired) electrons. The molecule has 5 nitrogen and oxygen atoms in total. The minimum atomic E-state index is -0.328. The van der Waals surface area contributed by atoms with Gasteiger partial charge < -0.3 is 5.32 Å². The molecule has 3 aromatic rings. The number of nitrogens with zero attached hydrogens (tertiary/aromatic N) is 3. The van der Waals surface area contributed by atoms with Gasteiger partial charge in [0, 0.05) is 6.04 Å². The lowest BCUT2D eigenvalue weighted by Crippen LogP contribution is -2.32. The zero-order valence-electron chi connectivity index (χ0n) is 13.4. The van der Waals surface area contributed by atoms with Gasteiger partial charge in [0.15, 0.2) is 5.82 Å². The maximum atomic E-state index is 13.2. The minimum absolute atomic E-state index is 0.0421. The van der Waals surface area contributed by atoms with Gasteiger partial charge >= 0.3 is 0 Å². The van der Waals surface area contributed by atoms with Crippen LogP contribution in [-0.2, 0) is 0 Å². The van der Waals surface area contributed by atoms with Crippen LogP contribution in [0, 0.1) is 5.82 Å². The normalized spacial score (nSPS) is 12.1. The fourth-order valence-corrected chi connectivity index (χ4v) is 2.82. The Labute approximate surface area is 143 Å². The number of carbonyl (C=O) groups is 1. The molecule has 0 aliphatic heterocycles.